The van der Waals surface area contributed by atoms with Gasteiger partial charge < -0.3 is 10.6 Å². The summed E-state index contributed by atoms with van der Waals surface area (Å²) in [7, 11) is 1.72. The van der Waals surface area contributed by atoms with Crippen LogP contribution in [-0.2, 0) is 4.79 Å². The summed E-state index contributed by atoms with van der Waals surface area (Å²) in [5, 5.41) is 6.32. The van der Waals surface area contributed by atoms with Gasteiger partial charge in [-0.25, -0.2) is 0 Å². The molecule has 4 aliphatic carbocycles. The Morgan fingerprint density at radius 2 is 1.53 bits per heavy atom. The third-order valence-corrected chi connectivity index (χ3v) is 6.14. The van der Waals surface area contributed by atoms with E-state index < -0.39 is 0 Å². The molecule has 108 valence electrons. The summed E-state index contributed by atoms with van der Waals surface area (Å²) < 4.78 is 0. The van der Waals surface area contributed by atoms with Crippen LogP contribution in [0.25, 0.3) is 0 Å². The zero-order chi connectivity index (χ0) is 13.6. The third-order valence-electron chi connectivity index (χ3n) is 6.14. The summed E-state index contributed by atoms with van der Waals surface area (Å²) >= 11 is 0. The van der Waals surface area contributed by atoms with E-state index in [1.807, 2.05) is 6.92 Å². The van der Waals surface area contributed by atoms with Gasteiger partial charge >= 0.3 is 0 Å². The van der Waals surface area contributed by atoms with Crippen molar-refractivity contribution in [1.29, 1.82) is 0 Å². The molecule has 2 N–H and O–H groups in total. The Labute approximate surface area is 116 Å². The molecule has 0 aliphatic heterocycles. The summed E-state index contributed by atoms with van der Waals surface area (Å²) in [5.74, 6) is 3.04. The molecular weight excluding hydrogens is 236 g/mol. The molecule has 4 aliphatic rings. The minimum absolute atomic E-state index is 0.0759. The maximum atomic E-state index is 11.7. The van der Waals surface area contributed by atoms with Gasteiger partial charge in [0.15, 0.2) is 0 Å². The molecule has 4 bridgehead atoms. The van der Waals surface area contributed by atoms with Gasteiger partial charge in [0.25, 0.3) is 0 Å². The Bertz CT molecular complexity index is 330. The van der Waals surface area contributed by atoms with Crippen LogP contribution >= 0.6 is 0 Å². The molecule has 3 heteroatoms. The molecule has 0 heterocycles. The lowest BCUT2D eigenvalue weighted by Gasteiger charge is -2.59. The predicted molar refractivity (Wildman–Crippen MR) is 76.7 cm³/mol. The fourth-order valence-corrected chi connectivity index (χ4v) is 5.55. The Hall–Kier alpha value is -0.570. The first kappa shape index (κ1) is 13.4. The van der Waals surface area contributed by atoms with E-state index in [4.69, 9.17) is 0 Å². The van der Waals surface area contributed by atoms with E-state index in [1.165, 1.54) is 38.5 Å². The topological polar surface area (TPSA) is 41.1 Å². The number of amides is 1. The molecular formula is C16H28N2O. The standard InChI is InChI=1S/C16H28N2O/c1-10(15(19)17-3)18-11(2)16-7-12-4-13(8-16)6-14(5-12)9-16/h10-14,18H,4-9H2,1-3H3,(H,17,19). The van der Waals surface area contributed by atoms with Crippen molar-refractivity contribution in [2.24, 2.45) is 23.2 Å². The van der Waals surface area contributed by atoms with Crippen LogP contribution in [0.15, 0.2) is 0 Å². The molecule has 4 fully saturated rings. The second kappa shape index (κ2) is 4.76. The Balaban J connectivity index is 1.69. The second-order valence-electron chi connectivity index (χ2n) is 7.50. The van der Waals surface area contributed by atoms with Crippen LogP contribution < -0.4 is 10.6 Å². The zero-order valence-corrected chi connectivity index (χ0v) is 12.5. The first-order valence-electron chi connectivity index (χ1n) is 8.00. The zero-order valence-electron chi connectivity index (χ0n) is 12.5. The van der Waals surface area contributed by atoms with Crippen LogP contribution in [0.5, 0.6) is 0 Å². The van der Waals surface area contributed by atoms with Crippen LogP contribution in [0.3, 0.4) is 0 Å². The van der Waals surface area contributed by atoms with Gasteiger partial charge in [-0.2, -0.15) is 0 Å². The van der Waals surface area contributed by atoms with Gasteiger partial charge in [-0.1, -0.05) is 0 Å². The van der Waals surface area contributed by atoms with Gasteiger partial charge in [0.1, 0.15) is 0 Å². The van der Waals surface area contributed by atoms with Crippen LogP contribution in [0.1, 0.15) is 52.4 Å². The van der Waals surface area contributed by atoms with Gasteiger partial charge in [0.2, 0.25) is 5.91 Å². The molecule has 0 radical (unpaired) electrons. The van der Waals surface area contributed by atoms with E-state index in [2.05, 4.69) is 17.6 Å². The predicted octanol–water partition coefficient (Wildman–Crippen LogP) is 2.32. The van der Waals surface area contributed by atoms with Gasteiger partial charge in [-0.05, 0) is 75.5 Å². The number of carbonyl (C=O) groups is 1. The van der Waals surface area contributed by atoms with Crippen molar-refractivity contribution >= 4 is 5.91 Å². The normalized spacial score (nSPS) is 43.0. The lowest BCUT2D eigenvalue weighted by atomic mass is 9.48. The van der Waals surface area contributed by atoms with Crippen molar-refractivity contribution < 1.29 is 4.79 Å². The Kier molecular flexibility index (Phi) is 3.36. The minimum Gasteiger partial charge on any atom is -0.358 e. The second-order valence-corrected chi connectivity index (χ2v) is 7.50. The van der Waals surface area contributed by atoms with Gasteiger partial charge in [-0.15, -0.1) is 0 Å². The lowest BCUT2D eigenvalue weighted by Crippen LogP contribution is -2.57. The fraction of sp³-hybridized carbons (Fsp3) is 0.938. The molecule has 0 saturated heterocycles. The highest BCUT2D eigenvalue weighted by molar-refractivity contribution is 5.80. The number of nitrogens with one attached hydrogen (secondary N) is 2. The first-order valence-corrected chi connectivity index (χ1v) is 8.00. The molecule has 0 aromatic carbocycles. The first-order chi connectivity index (χ1) is 9.02. The average molecular weight is 264 g/mol. The summed E-state index contributed by atoms with van der Waals surface area (Å²) in [6.07, 6.45) is 8.64. The van der Waals surface area contributed by atoms with Gasteiger partial charge in [0.05, 0.1) is 6.04 Å². The van der Waals surface area contributed by atoms with Crippen LogP contribution in [-0.4, -0.2) is 25.0 Å². The quantitative estimate of drug-likeness (QED) is 0.818. The third kappa shape index (κ3) is 2.31. The molecule has 0 spiro atoms. The molecule has 2 unspecified atom stereocenters. The number of carbonyl (C=O) groups excluding carboxylic acids is 1. The van der Waals surface area contributed by atoms with Crippen molar-refractivity contribution in [3.05, 3.63) is 0 Å². The van der Waals surface area contributed by atoms with Crippen LogP contribution in [0.2, 0.25) is 0 Å². The van der Waals surface area contributed by atoms with Crippen molar-refractivity contribution in [3.8, 4) is 0 Å². The van der Waals surface area contributed by atoms with Crippen molar-refractivity contribution in [2.75, 3.05) is 7.05 Å². The minimum atomic E-state index is -0.0759. The monoisotopic (exact) mass is 264 g/mol. The fourth-order valence-electron chi connectivity index (χ4n) is 5.55. The molecule has 2 atom stereocenters. The number of hydrogen-bond acceptors (Lipinski definition) is 2. The van der Waals surface area contributed by atoms with Crippen molar-refractivity contribution in [2.45, 2.75) is 64.5 Å². The highest BCUT2D eigenvalue weighted by atomic mass is 16.2. The lowest BCUT2D eigenvalue weighted by molar-refractivity contribution is -0.123. The van der Waals surface area contributed by atoms with E-state index in [9.17, 15) is 4.79 Å². The molecule has 0 aromatic heterocycles. The van der Waals surface area contributed by atoms with E-state index in [-0.39, 0.29) is 11.9 Å². The van der Waals surface area contributed by atoms with Gasteiger partial charge in [0, 0.05) is 13.1 Å². The largest absolute Gasteiger partial charge is 0.358 e. The smallest absolute Gasteiger partial charge is 0.236 e. The molecule has 3 nitrogen and oxygen atoms in total. The van der Waals surface area contributed by atoms with Gasteiger partial charge in [-0.3, -0.25) is 4.79 Å². The van der Waals surface area contributed by atoms with Crippen LogP contribution in [0, 0.1) is 23.2 Å². The maximum absolute atomic E-state index is 11.7. The molecule has 19 heavy (non-hydrogen) atoms. The SMILES string of the molecule is CNC(=O)C(C)NC(C)C12CC3CC(CC(C3)C1)C2. The molecule has 4 rings (SSSR count). The maximum Gasteiger partial charge on any atom is 0.236 e. The van der Waals surface area contributed by atoms with Crippen molar-refractivity contribution in [1.82, 2.24) is 10.6 Å². The van der Waals surface area contributed by atoms with Crippen molar-refractivity contribution in [3.63, 3.8) is 0 Å². The average Bonchev–Trinajstić information content (AvgIpc) is 2.36. The highest BCUT2D eigenvalue weighted by Gasteiger charge is 2.53. The molecule has 1 amide bonds. The summed E-state index contributed by atoms with van der Waals surface area (Å²) in [5.41, 5.74) is 0.483. The number of likely N-dealkylation sites (N-methyl/N-ethyl adjacent to an activating group) is 1. The summed E-state index contributed by atoms with van der Waals surface area (Å²) in [6, 6.07) is 0.390. The number of hydrogen-bond donors (Lipinski definition) is 2. The highest BCUT2D eigenvalue weighted by Crippen LogP contribution is 2.61. The van der Waals surface area contributed by atoms with E-state index in [0.29, 0.717) is 11.5 Å². The Morgan fingerprint density at radius 1 is 1.05 bits per heavy atom. The van der Waals surface area contributed by atoms with E-state index in [0.717, 1.165) is 17.8 Å². The summed E-state index contributed by atoms with van der Waals surface area (Å²) in [6.45, 7) is 4.29. The molecule has 4 saturated carbocycles. The Morgan fingerprint density at radius 3 is 1.95 bits per heavy atom. The number of rotatable bonds is 4. The van der Waals surface area contributed by atoms with E-state index in [1.54, 1.807) is 7.05 Å². The van der Waals surface area contributed by atoms with Crippen LogP contribution in [0.4, 0.5) is 0 Å². The summed E-state index contributed by atoms with van der Waals surface area (Å²) in [4.78, 5) is 11.7. The van der Waals surface area contributed by atoms with E-state index >= 15 is 0 Å². The molecule has 0 aromatic rings.